The second-order valence-electron chi connectivity index (χ2n) is 3.74. The van der Waals surface area contributed by atoms with Crippen LogP contribution >= 0.6 is 11.8 Å². The van der Waals surface area contributed by atoms with Gasteiger partial charge in [0.05, 0.1) is 0 Å². The van der Waals surface area contributed by atoms with Crippen LogP contribution in [0.2, 0.25) is 0 Å². The van der Waals surface area contributed by atoms with E-state index in [0.717, 1.165) is 11.3 Å². The van der Waals surface area contributed by atoms with Crippen molar-refractivity contribution in [2.75, 3.05) is 32.4 Å². The largest absolute Gasteiger partial charge is 0.314 e. The van der Waals surface area contributed by atoms with E-state index in [1.54, 1.807) is 0 Å². The van der Waals surface area contributed by atoms with E-state index in [2.05, 4.69) is 16.5 Å². The maximum atomic E-state index is 3.49. The highest BCUT2D eigenvalue weighted by Crippen LogP contribution is 2.23. The van der Waals surface area contributed by atoms with E-state index in [1.165, 1.54) is 39.0 Å². The van der Waals surface area contributed by atoms with Crippen molar-refractivity contribution in [3.05, 3.63) is 0 Å². The zero-order valence-corrected chi connectivity index (χ0v) is 8.57. The number of hydrogen-bond acceptors (Lipinski definition) is 3. The summed E-state index contributed by atoms with van der Waals surface area (Å²) in [6, 6.07) is 0.822. The molecule has 0 aliphatic carbocycles. The summed E-state index contributed by atoms with van der Waals surface area (Å²) in [6.45, 7) is 5.10. The molecule has 2 aliphatic heterocycles. The first-order valence-corrected chi connectivity index (χ1v) is 6.18. The number of rotatable bonds is 2. The van der Waals surface area contributed by atoms with Crippen LogP contribution in [0.5, 0.6) is 0 Å². The molecule has 0 aromatic rings. The number of nitrogens with one attached hydrogen (secondary N) is 1. The van der Waals surface area contributed by atoms with Crippen LogP contribution < -0.4 is 5.32 Å². The number of likely N-dealkylation sites (tertiary alicyclic amines) is 1. The zero-order chi connectivity index (χ0) is 8.39. The predicted molar refractivity (Wildman–Crippen MR) is 54.8 cm³/mol. The van der Waals surface area contributed by atoms with Gasteiger partial charge in [0.2, 0.25) is 0 Å². The van der Waals surface area contributed by atoms with Crippen molar-refractivity contribution in [2.45, 2.75) is 24.1 Å². The first kappa shape index (κ1) is 8.85. The van der Waals surface area contributed by atoms with E-state index in [4.69, 9.17) is 0 Å². The van der Waals surface area contributed by atoms with Gasteiger partial charge in [-0.3, -0.25) is 4.90 Å². The van der Waals surface area contributed by atoms with Gasteiger partial charge < -0.3 is 5.32 Å². The molecule has 0 saturated carbocycles. The van der Waals surface area contributed by atoms with Gasteiger partial charge in [0.15, 0.2) is 0 Å². The molecule has 0 aromatic carbocycles. The van der Waals surface area contributed by atoms with Crippen molar-refractivity contribution >= 4 is 11.8 Å². The summed E-state index contributed by atoms with van der Waals surface area (Å²) < 4.78 is 0. The molecular weight excluding hydrogens is 168 g/mol. The predicted octanol–water partition coefficient (Wildman–Crippen LogP) is 0.786. The van der Waals surface area contributed by atoms with Crippen LogP contribution in [0.3, 0.4) is 0 Å². The summed E-state index contributed by atoms with van der Waals surface area (Å²) in [6.07, 6.45) is 5.07. The Bertz CT molecular complexity index is 145. The lowest BCUT2D eigenvalue weighted by Gasteiger charge is -2.26. The molecule has 12 heavy (non-hydrogen) atoms. The van der Waals surface area contributed by atoms with Crippen molar-refractivity contribution in [1.29, 1.82) is 0 Å². The topological polar surface area (TPSA) is 15.3 Å². The lowest BCUT2D eigenvalue weighted by molar-refractivity contribution is 0.263. The highest BCUT2D eigenvalue weighted by Gasteiger charge is 2.32. The molecule has 2 heterocycles. The molecule has 0 amide bonds. The minimum atomic E-state index is 0.822. The summed E-state index contributed by atoms with van der Waals surface area (Å²) in [5.74, 6) is 0. The van der Waals surface area contributed by atoms with Gasteiger partial charge in [-0.15, -0.1) is 0 Å². The summed E-state index contributed by atoms with van der Waals surface area (Å²) in [5.41, 5.74) is 0. The standard InChI is InChI=1S/C9H18N2S/c1-12-9-7-10-6-8(9)11-4-2-3-5-11/h8-10H,2-7H2,1H3/t8-,9+/m1/s1. The molecule has 70 valence electrons. The molecule has 0 radical (unpaired) electrons. The Balaban J connectivity index is 1.92. The molecule has 3 heteroatoms. The SMILES string of the molecule is CS[C@H]1CNC[C@H]1N1CCCC1. The summed E-state index contributed by atoms with van der Waals surface area (Å²) in [7, 11) is 0. The number of nitrogens with zero attached hydrogens (tertiary/aromatic N) is 1. The van der Waals surface area contributed by atoms with E-state index < -0.39 is 0 Å². The second-order valence-corrected chi connectivity index (χ2v) is 4.82. The summed E-state index contributed by atoms with van der Waals surface area (Å²) >= 11 is 2.02. The van der Waals surface area contributed by atoms with Gasteiger partial charge in [-0.05, 0) is 32.2 Å². The van der Waals surface area contributed by atoms with E-state index in [1.807, 2.05) is 11.8 Å². The van der Waals surface area contributed by atoms with Crippen molar-refractivity contribution in [1.82, 2.24) is 10.2 Å². The first-order valence-electron chi connectivity index (χ1n) is 4.89. The third kappa shape index (κ3) is 1.63. The monoisotopic (exact) mass is 186 g/mol. The molecule has 0 unspecified atom stereocenters. The number of hydrogen-bond donors (Lipinski definition) is 1. The Morgan fingerprint density at radius 2 is 2.00 bits per heavy atom. The third-order valence-corrected chi connectivity index (χ3v) is 4.13. The van der Waals surface area contributed by atoms with Crippen LogP contribution in [-0.4, -0.2) is 48.6 Å². The normalized spacial score (nSPS) is 37.8. The molecule has 2 fully saturated rings. The minimum Gasteiger partial charge on any atom is -0.314 e. The van der Waals surface area contributed by atoms with E-state index in [0.29, 0.717) is 0 Å². The lowest BCUT2D eigenvalue weighted by atomic mass is 10.2. The molecule has 0 spiro atoms. The quantitative estimate of drug-likeness (QED) is 0.686. The fourth-order valence-electron chi connectivity index (χ4n) is 2.32. The zero-order valence-electron chi connectivity index (χ0n) is 7.75. The molecule has 0 bridgehead atoms. The van der Waals surface area contributed by atoms with Gasteiger partial charge in [-0.1, -0.05) is 0 Å². The molecule has 0 aromatic heterocycles. The molecular formula is C9H18N2S. The number of thioether (sulfide) groups is 1. The first-order chi connectivity index (χ1) is 5.92. The van der Waals surface area contributed by atoms with Crippen LogP contribution in [0.1, 0.15) is 12.8 Å². The van der Waals surface area contributed by atoms with E-state index in [-0.39, 0.29) is 0 Å². The van der Waals surface area contributed by atoms with Crippen LogP contribution in [0.25, 0.3) is 0 Å². The smallest absolute Gasteiger partial charge is 0.0351 e. The average Bonchev–Trinajstić information content (AvgIpc) is 2.74. The molecule has 1 N–H and O–H groups in total. The molecule has 2 nitrogen and oxygen atoms in total. The molecule has 2 aliphatic rings. The summed E-state index contributed by atoms with van der Waals surface area (Å²) in [4.78, 5) is 2.67. The van der Waals surface area contributed by atoms with Crippen LogP contribution in [0.15, 0.2) is 0 Å². The average molecular weight is 186 g/mol. The van der Waals surface area contributed by atoms with Gasteiger partial charge >= 0.3 is 0 Å². The van der Waals surface area contributed by atoms with Gasteiger partial charge in [-0.2, -0.15) is 11.8 Å². The van der Waals surface area contributed by atoms with Crippen LogP contribution in [0.4, 0.5) is 0 Å². The second kappa shape index (κ2) is 3.99. The van der Waals surface area contributed by atoms with E-state index in [9.17, 15) is 0 Å². The fraction of sp³-hybridized carbons (Fsp3) is 1.00. The van der Waals surface area contributed by atoms with Gasteiger partial charge in [0.1, 0.15) is 0 Å². The van der Waals surface area contributed by atoms with Gasteiger partial charge in [0, 0.05) is 24.4 Å². The van der Waals surface area contributed by atoms with Crippen molar-refractivity contribution in [2.24, 2.45) is 0 Å². The van der Waals surface area contributed by atoms with Gasteiger partial charge in [0.25, 0.3) is 0 Å². The summed E-state index contributed by atoms with van der Waals surface area (Å²) in [5, 5.41) is 4.32. The third-order valence-electron chi connectivity index (χ3n) is 3.04. The maximum absolute atomic E-state index is 3.49. The minimum absolute atomic E-state index is 0.822. The fourth-order valence-corrected chi connectivity index (χ4v) is 3.19. The Kier molecular flexibility index (Phi) is 2.94. The highest BCUT2D eigenvalue weighted by molar-refractivity contribution is 7.99. The molecule has 2 rings (SSSR count). The van der Waals surface area contributed by atoms with Crippen molar-refractivity contribution < 1.29 is 0 Å². The van der Waals surface area contributed by atoms with Crippen LogP contribution in [0, 0.1) is 0 Å². The maximum Gasteiger partial charge on any atom is 0.0351 e. The van der Waals surface area contributed by atoms with Gasteiger partial charge in [-0.25, -0.2) is 0 Å². The van der Waals surface area contributed by atoms with Crippen LogP contribution in [-0.2, 0) is 0 Å². The Hall–Kier alpha value is 0.270. The Labute approximate surface area is 79.1 Å². The lowest BCUT2D eigenvalue weighted by Crippen LogP contribution is -2.39. The van der Waals surface area contributed by atoms with Crippen molar-refractivity contribution in [3.8, 4) is 0 Å². The molecule has 2 saturated heterocycles. The molecule has 2 atom stereocenters. The highest BCUT2D eigenvalue weighted by atomic mass is 32.2. The Morgan fingerprint density at radius 1 is 1.25 bits per heavy atom. The Morgan fingerprint density at radius 3 is 2.67 bits per heavy atom. The van der Waals surface area contributed by atoms with E-state index >= 15 is 0 Å². The van der Waals surface area contributed by atoms with Crippen molar-refractivity contribution in [3.63, 3.8) is 0 Å².